The van der Waals surface area contributed by atoms with Gasteiger partial charge in [0.05, 0.1) is 6.54 Å². The fraction of sp³-hybridized carbons (Fsp3) is 0.0800. The Balaban J connectivity index is 1.33. The lowest BCUT2D eigenvalue weighted by Gasteiger charge is -2.10. The van der Waals surface area contributed by atoms with Crippen molar-refractivity contribution < 1.29 is 9.53 Å². The number of aliphatic imine (C=N–C) groups is 1. The van der Waals surface area contributed by atoms with Crippen LogP contribution in [0.3, 0.4) is 0 Å². The highest BCUT2D eigenvalue weighted by Gasteiger charge is 2.05. The summed E-state index contributed by atoms with van der Waals surface area (Å²) in [6, 6.07) is 26.3. The van der Waals surface area contributed by atoms with Crippen LogP contribution in [0.1, 0.15) is 5.56 Å². The third-order valence-electron chi connectivity index (χ3n) is 4.59. The van der Waals surface area contributed by atoms with Gasteiger partial charge in [0.2, 0.25) is 5.91 Å². The molecule has 166 valence electrons. The third kappa shape index (κ3) is 6.70. The Hall–Kier alpha value is -4.59. The number of nitrogens with zero attached hydrogens (tertiary/aromatic N) is 3. The average molecular weight is 441 g/mol. The van der Waals surface area contributed by atoms with Crippen LogP contribution >= 0.6 is 0 Å². The maximum absolute atomic E-state index is 12.2. The molecular weight excluding hydrogens is 416 g/mol. The quantitative estimate of drug-likeness (QED) is 0.281. The smallest absolute Gasteiger partial charge is 0.246 e. The van der Waals surface area contributed by atoms with Crippen LogP contribution < -0.4 is 21.1 Å². The Morgan fingerprint density at radius 1 is 0.909 bits per heavy atom. The molecule has 8 heteroatoms. The molecule has 0 spiro atoms. The molecule has 4 rings (SSSR count). The number of carbonyl (C=O) groups excluding carboxylic acids is 1. The molecular formula is C25H24N6O2. The molecule has 0 saturated carbocycles. The van der Waals surface area contributed by atoms with Crippen LogP contribution in [-0.2, 0) is 17.9 Å². The number of amides is 1. The molecule has 1 amide bonds. The van der Waals surface area contributed by atoms with E-state index >= 15 is 0 Å². The first-order valence-electron chi connectivity index (χ1n) is 10.4. The third-order valence-corrected chi connectivity index (χ3v) is 4.59. The number of rotatable bonds is 8. The summed E-state index contributed by atoms with van der Waals surface area (Å²) in [7, 11) is 0. The summed E-state index contributed by atoms with van der Waals surface area (Å²) < 4.78 is 7.41. The number of benzene rings is 3. The molecule has 0 radical (unpaired) electrons. The zero-order valence-electron chi connectivity index (χ0n) is 17.9. The van der Waals surface area contributed by atoms with Crippen LogP contribution in [-0.4, -0.2) is 21.6 Å². The van der Waals surface area contributed by atoms with Gasteiger partial charge in [-0.2, -0.15) is 5.10 Å². The second-order valence-electron chi connectivity index (χ2n) is 7.22. The lowest BCUT2D eigenvalue weighted by Crippen LogP contribution is -2.22. The number of nitrogens with one attached hydrogen (secondary N) is 2. The van der Waals surface area contributed by atoms with Crippen molar-refractivity contribution in [3.05, 3.63) is 103 Å². The van der Waals surface area contributed by atoms with Crippen molar-refractivity contribution >= 4 is 23.2 Å². The molecule has 4 N–H and O–H groups in total. The van der Waals surface area contributed by atoms with E-state index in [1.807, 2.05) is 78.9 Å². The minimum atomic E-state index is -0.155. The summed E-state index contributed by atoms with van der Waals surface area (Å²) in [4.78, 5) is 16.6. The normalized spacial score (nSPS) is 11.1. The number of nitrogens with two attached hydrogens (primary N) is 1. The van der Waals surface area contributed by atoms with Gasteiger partial charge >= 0.3 is 0 Å². The van der Waals surface area contributed by atoms with Crippen molar-refractivity contribution in [2.75, 3.05) is 10.6 Å². The van der Waals surface area contributed by atoms with E-state index in [1.165, 1.54) is 0 Å². The van der Waals surface area contributed by atoms with Crippen LogP contribution in [0.2, 0.25) is 0 Å². The summed E-state index contributed by atoms with van der Waals surface area (Å²) in [6.07, 6.45) is 3.38. The van der Waals surface area contributed by atoms with Crippen molar-refractivity contribution in [1.82, 2.24) is 9.78 Å². The molecule has 0 unspecified atom stereocenters. The fourth-order valence-electron chi connectivity index (χ4n) is 3.11. The van der Waals surface area contributed by atoms with E-state index < -0.39 is 0 Å². The summed E-state index contributed by atoms with van der Waals surface area (Å²) in [5.41, 5.74) is 8.44. The first-order chi connectivity index (χ1) is 16.1. The van der Waals surface area contributed by atoms with Gasteiger partial charge in [-0.05, 0) is 48.0 Å². The molecule has 1 aromatic heterocycles. The monoisotopic (exact) mass is 440 g/mol. The molecule has 4 aromatic rings. The molecule has 0 saturated heterocycles. The number of anilines is 2. The standard InChI is InChI=1S/C25H24N6O2/c26-25(30-21-9-5-12-23(16-21)33-22-10-2-1-3-11-22)27-17-19-7-4-8-20(15-19)29-24(32)18-31-14-6-13-28-31/h1-16H,17-18H2,(H,29,32)(H3,26,27,30). The highest BCUT2D eigenvalue weighted by Crippen LogP contribution is 2.23. The lowest BCUT2D eigenvalue weighted by atomic mass is 10.2. The summed E-state index contributed by atoms with van der Waals surface area (Å²) in [5.74, 6) is 1.57. The van der Waals surface area contributed by atoms with Crippen LogP contribution in [0.4, 0.5) is 11.4 Å². The number of hydrogen-bond donors (Lipinski definition) is 3. The van der Waals surface area contributed by atoms with E-state index in [-0.39, 0.29) is 18.4 Å². The summed E-state index contributed by atoms with van der Waals surface area (Å²) >= 11 is 0. The van der Waals surface area contributed by atoms with E-state index in [0.717, 1.165) is 17.0 Å². The number of aromatic nitrogens is 2. The van der Waals surface area contributed by atoms with Crippen LogP contribution in [0.5, 0.6) is 11.5 Å². The molecule has 33 heavy (non-hydrogen) atoms. The van der Waals surface area contributed by atoms with Crippen molar-refractivity contribution in [1.29, 1.82) is 0 Å². The van der Waals surface area contributed by atoms with Crippen molar-refractivity contribution in [2.24, 2.45) is 10.7 Å². The SMILES string of the molecule is NC(=NCc1cccc(NC(=O)Cn2cccn2)c1)Nc1cccc(Oc2ccccc2)c1. The van der Waals surface area contributed by atoms with Crippen LogP contribution in [0.25, 0.3) is 0 Å². The molecule has 8 nitrogen and oxygen atoms in total. The highest BCUT2D eigenvalue weighted by molar-refractivity contribution is 5.92. The van der Waals surface area contributed by atoms with Gasteiger partial charge in [0, 0.05) is 29.8 Å². The Bertz CT molecular complexity index is 1220. The van der Waals surface area contributed by atoms with Gasteiger partial charge in [-0.3, -0.25) is 9.48 Å². The maximum atomic E-state index is 12.2. The Kier molecular flexibility index (Phi) is 6.97. The molecule has 1 heterocycles. The van der Waals surface area contributed by atoms with Crippen LogP contribution in [0.15, 0.2) is 102 Å². The van der Waals surface area contributed by atoms with Gasteiger partial charge in [-0.15, -0.1) is 0 Å². The zero-order valence-corrected chi connectivity index (χ0v) is 17.9. The van der Waals surface area contributed by atoms with E-state index in [4.69, 9.17) is 10.5 Å². The molecule has 0 bridgehead atoms. The Morgan fingerprint density at radius 2 is 1.67 bits per heavy atom. The molecule has 0 aliphatic rings. The molecule has 3 aromatic carbocycles. The minimum absolute atomic E-state index is 0.152. The maximum Gasteiger partial charge on any atom is 0.246 e. The predicted molar refractivity (Wildman–Crippen MR) is 129 cm³/mol. The van der Waals surface area contributed by atoms with E-state index in [1.54, 1.807) is 23.1 Å². The van der Waals surface area contributed by atoms with Crippen molar-refractivity contribution in [3.63, 3.8) is 0 Å². The van der Waals surface area contributed by atoms with Gasteiger partial charge in [-0.25, -0.2) is 4.99 Å². The Labute approximate surface area is 191 Å². The van der Waals surface area contributed by atoms with E-state index in [0.29, 0.717) is 18.0 Å². The lowest BCUT2D eigenvalue weighted by molar-refractivity contribution is -0.116. The second-order valence-corrected chi connectivity index (χ2v) is 7.22. The van der Waals surface area contributed by atoms with Gasteiger partial charge in [-0.1, -0.05) is 36.4 Å². The van der Waals surface area contributed by atoms with Crippen molar-refractivity contribution in [2.45, 2.75) is 13.1 Å². The van der Waals surface area contributed by atoms with Crippen molar-refractivity contribution in [3.8, 4) is 11.5 Å². The first-order valence-corrected chi connectivity index (χ1v) is 10.4. The molecule has 0 aliphatic heterocycles. The topological polar surface area (TPSA) is 107 Å². The van der Waals surface area contributed by atoms with Gasteiger partial charge in [0.25, 0.3) is 0 Å². The minimum Gasteiger partial charge on any atom is -0.457 e. The second kappa shape index (κ2) is 10.6. The number of hydrogen-bond acceptors (Lipinski definition) is 4. The fourth-order valence-corrected chi connectivity index (χ4v) is 3.11. The number of carbonyl (C=O) groups is 1. The summed E-state index contributed by atoms with van der Waals surface area (Å²) in [5, 5.41) is 9.98. The number of guanidine groups is 1. The van der Waals surface area contributed by atoms with Crippen LogP contribution in [0, 0.1) is 0 Å². The first kappa shape index (κ1) is 21.6. The number of ether oxygens (including phenoxy) is 1. The summed E-state index contributed by atoms with van der Waals surface area (Å²) in [6.45, 7) is 0.515. The average Bonchev–Trinajstić information content (AvgIpc) is 3.32. The largest absolute Gasteiger partial charge is 0.457 e. The Morgan fingerprint density at radius 3 is 2.45 bits per heavy atom. The van der Waals surface area contributed by atoms with E-state index in [2.05, 4.69) is 20.7 Å². The van der Waals surface area contributed by atoms with Gasteiger partial charge in [0.15, 0.2) is 5.96 Å². The highest BCUT2D eigenvalue weighted by atomic mass is 16.5. The van der Waals surface area contributed by atoms with Gasteiger partial charge in [0.1, 0.15) is 18.0 Å². The van der Waals surface area contributed by atoms with E-state index in [9.17, 15) is 4.79 Å². The molecule has 0 atom stereocenters. The number of para-hydroxylation sites is 1. The van der Waals surface area contributed by atoms with Gasteiger partial charge < -0.3 is 21.1 Å². The predicted octanol–water partition coefficient (Wildman–Crippen LogP) is 4.24. The zero-order chi connectivity index (χ0) is 22.9. The molecule has 0 aliphatic carbocycles. The molecule has 0 fully saturated rings.